The standard InChI is InChI=1S/C19H23N3O3/c1-14-18(21-13-20-14)12-22(11-17-5-4-8-25-17)10-15-6-7-16(23-2)9-19(15)24-3/h4-9,13H,10-12H2,1-3H3,(H,20,21). The number of imidazole rings is 1. The topological polar surface area (TPSA) is 63.5 Å². The molecule has 3 rings (SSSR count). The molecule has 0 aliphatic rings. The van der Waals surface area contributed by atoms with E-state index in [4.69, 9.17) is 13.9 Å². The van der Waals surface area contributed by atoms with Crippen molar-refractivity contribution in [2.24, 2.45) is 0 Å². The Hall–Kier alpha value is -2.73. The summed E-state index contributed by atoms with van der Waals surface area (Å²) in [6.45, 7) is 4.14. The largest absolute Gasteiger partial charge is 0.497 e. The molecule has 2 aromatic heterocycles. The molecule has 0 saturated heterocycles. The van der Waals surface area contributed by atoms with Gasteiger partial charge in [-0.1, -0.05) is 6.07 Å². The number of methoxy groups -OCH3 is 2. The van der Waals surface area contributed by atoms with Crippen molar-refractivity contribution in [3.63, 3.8) is 0 Å². The van der Waals surface area contributed by atoms with E-state index >= 15 is 0 Å². The van der Waals surface area contributed by atoms with Gasteiger partial charge < -0.3 is 18.9 Å². The molecular formula is C19H23N3O3. The van der Waals surface area contributed by atoms with Crippen LogP contribution in [0.4, 0.5) is 0 Å². The number of benzene rings is 1. The van der Waals surface area contributed by atoms with Crippen LogP contribution in [0.15, 0.2) is 47.3 Å². The molecule has 6 heteroatoms. The van der Waals surface area contributed by atoms with Gasteiger partial charge in [0, 0.05) is 30.4 Å². The molecule has 0 atom stereocenters. The lowest BCUT2D eigenvalue weighted by molar-refractivity contribution is 0.221. The molecule has 2 heterocycles. The van der Waals surface area contributed by atoms with Crippen molar-refractivity contribution in [2.75, 3.05) is 14.2 Å². The first-order valence-corrected chi connectivity index (χ1v) is 8.14. The van der Waals surface area contributed by atoms with E-state index in [2.05, 4.69) is 14.9 Å². The minimum Gasteiger partial charge on any atom is -0.497 e. The average molecular weight is 341 g/mol. The number of aryl methyl sites for hydroxylation is 1. The number of rotatable bonds is 8. The summed E-state index contributed by atoms with van der Waals surface area (Å²) < 4.78 is 16.3. The maximum atomic E-state index is 5.53. The van der Waals surface area contributed by atoms with Crippen LogP contribution in [-0.2, 0) is 19.6 Å². The first-order chi connectivity index (χ1) is 12.2. The Balaban J connectivity index is 1.82. The number of hydrogen-bond donors (Lipinski definition) is 1. The van der Waals surface area contributed by atoms with Crippen molar-refractivity contribution in [3.05, 3.63) is 65.6 Å². The predicted molar refractivity (Wildman–Crippen MR) is 94.5 cm³/mol. The number of aromatic nitrogens is 2. The molecule has 25 heavy (non-hydrogen) atoms. The van der Waals surface area contributed by atoms with Gasteiger partial charge in [-0.15, -0.1) is 0 Å². The summed E-state index contributed by atoms with van der Waals surface area (Å²) in [6, 6.07) is 9.77. The van der Waals surface area contributed by atoms with Gasteiger partial charge in [0.2, 0.25) is 0 Å². The van der Waals surface area contributed by atoms with Crippen molar-refractivity contribution in [2.45, 2.75) is 26.6 Å². The lowest BCUT2D eigenvalue weighted by Gasteiger charge is -2.22. The van der Waals surface area contributed by atoms with Crippen LogP contribution < -0.4 is 9.47 Å². The molecule has 0 aliphatic carbocycles. The minimum atomic E-state index is 0.689. The second-order valence-corrected chi connectivity index (χ2v) is 5.88. The van der Waals surface area contributed by atoms with Gasteiger partial charge in [0.05, 0.1) is 39.0 Å². The number of furan rings is 1. The van der Waals surface area contributed by atoms with Gasteiger partial charge in [0.1, 0.15) is 17.3 Å². The number of H-pyrrole nitrogens is 1. The van der Waals surface area contributed by atoms with E-state index < -0.39 is 0 Å². The molecular weight excluding hydrogens is 318 g/mol. The lowest BCUT2D eigenvalue weighted by Crippen LogP contribution is -2.23. The van der Waals surface area contributed by atoms with Gasteiger partial charge in [-0.05, 0) is 25.1 Å². The van der Waals surface area contributed by atoms with E-state index in [1.807, 2.05) is 37.3 Å². The van der Waals surface area contributed by atoms with Crippen LogP contribution in [0.2, 0.25) is 0 Å². The molecule has 0 aliphatic heterocycles. The average Bonchev–Trinajstić information content (AvgIpc) is 3.27. The third kappa shape index (κ3) is 4.22. The monoisotopic (exact) mass is 341 g/mol. The summed E-state index contributed by atoms with van der Waals surface area (Å²) >= 11 is 0. The Kier molecular flexibility index (Phi) is 5.40. The van der Waals surface area contributed by atoms with Crippen LogP contribution in [0.25, 0.3) is 0 Å². The number of ether oxygens (including phenoxy) is 2. The van der Waals surface area contributed by atoms with E-state index in [0.29, 0.717) is 19.6 Å². The zero-order valence-electron chi connectivity index (χ0n) is 14.8. The smallest absolute Gasteiger partial charge is 0.127 e. The Bertz CT molecular complexity index is 796. The molecule has 6 nitrogen and oxygen atoms in total. The van der Waals surface area contributed by atoms with E-state index in [0.717, 1.165) is 34.2 Å². The van der Waals surface area contributed by atoms with Gasteiger partial charge in [-0.25, -0.2) is 4.98 Å². The second-order valence-electron chi connectivity index (χ2n) is 5.88. The molecule has 0 radical (unpaired) electrons. The van der Waals surface area contributed by atoms with Gasteiger partial charge in [0.25, 0.3) is 0 Å². The minimum absolute atomic E-state index is 0.689. The summed E-state index contributed by atoms with van der Waals surface area (Å²) in [7, 11) is 3.32. The maximum Gasteiger partial charge on any atom is 0.127 e. The number of nitrogens with zero attached hydrogens (tertiary/aromatic N) is 2. The predicted octanol–water partition coefficient (Wildman–Crippen LogP) is 3.53. The fourth-order valence-electron chi connectivity index (χ4n) is 2.77. The molecule has 1 aromatic carbocycles. The molecule has 0 unspecified atom stereocenters. The zero-order chi connectivity index (χ0) is 17.6. The lowest BCUT2D eigenvalue weighted by atomic mass is 10.1. The van der Waals surface area contributed by atoms with E-state index in [-0.39, 0.29) is 0 Å². The Morgan fingerprint density at radius 3 is 2.64 bits per heavy atom. The van der Waals surface area contributed by atoms with Crippen molar-refractivity contribution >= 4 is 0 Å². The molecule has 0 fully saturated rings. The Morgan fingerprint density at radius 1 is 1.12 bits per heavy atom. The van der Waals surface area contributed by atoms with Crippen LogP contribution >= 0.6 is 0 Å². The molecule has 0 spiro atoms. The van der Waals surface area contributed by atoms with Gasteiger partial charge >= 0.3 is 0 Å². The summed E-state index contributed by atoms with van der Waals surface area (Å²) in [5.74, 6) is 2.50. The fourth-order valence-corrected chi connectivity index (χ4v) is 2.77. The molecule has 0 bridgehead atoms. The highest BCUT2D eigenvalue weighted by Crippen LogP contribution is 2.27. The van der Waals surface area contributed by atoms with Crippen molar-refractivity contribution in [1.29, 1.82) is 0 Å². The number of hydrogen-bond acceptors (Lipinski definition) is 5. The van der Waals surface area contributed by atoms with Crippen LogP contribution in [0.1, 0.15) is 22.7 Å². The van der Waals surface area contributed by atoms with Crippen LogP contribution in [0.5, 0.6) is 11.5 Å². The summed E-state index contributed by atoms with van der Waals surface area (Å²) in [4.78, 5) is 9.82. The third-order valence-electron chi connectivity index (χ3n) is 4.16. The van der Waals surface area contributed by atoms with Crippen LogP contribution in [-0.4, -0.2) is 29.1 Å². The highest BCUT2D eigenvalue weighted by atomic mass is 16.5. The summed E-state index contributed by atoms with van der Waals surface area (Å²) in [5.41, 5.74) is 3.19. The molecule has 0 amide bonds. The quantitative estimate of drug-likeness (QED) is 0.679. The van der Waals surface area contributed by atoms with E-state index in [9.17, 15) is 0 Å². The molecule has 0 saturated carbocycles. The molecule has 1 N–H and O–H groups in total. The first kappa shape index (κ1) is 17.1. The van der Waals surface area contributed by atoms with Crippen molar-refractivity contribution < 1.29 is 13.9 Å². The second kappa shape index (κ2) is 7.90. The number of aromatic amines is 1. The molecule has 132 valence electrons. The van der Waals surface area contributed by atoms with Crippen LogP contribution in [0.3, 0.4) is 0 Å². The summed E-state index contributed by atoms with van der Waals surface area (Å²) in [5, 5.41) is 0. The highest BCUT2D eigenvalue weighted by Gasteiger charge is 2.15. The molecule has 3 aromatic rings. The fraction of sp³-hybridized carbons (Fsp3) is 0.316. The summed E-state index contributed by atoms with van der Waals surface area (Å²) in [6.07, 6.45) is 3.42. The Morgan fingerprint density at radius 2 is 2.00 bits per heavy atom. The van der Waals surface area contributed by atoms with Crippen LogP contribution in [0, 0.1) is 6.92 Å². The van der Waals surface area contributed by atoms with Gasteiger partial charge in [-0.2, -0.15) is 0 Å². The third-order valence-corrected chi connectivity index (χ3v) is 4.16. The SMILES string of the molecule is COc1ccc(CN(Cc2ccco2)Cc2nc[nH]c2C)c(OC)c1. The highest BCUT2D eigenvalue weighted by molar-refractivity contribution is 5.40. The Labute approximate surface area is 147 Å². The normalized spacial score (nSPS) is 11.0. The van der Waals surface area contributed by atoms with Crippen molar-refractivity contribution in [1.82, 2.24) is 14.9 Å². The first-order valence-electron chi connectivity index (χ1n) is 8.14. The van der Waals surface area contributed by atoms with E-state index in [1.165, 1.54) is 0 Å². The van der Waals surface area contributed by atoms with Crippen molar-refractivity contribution in [3.8, 4) is 11.5 Å². The maximum absolute atomic E-state index is 5.53. The van der Waals surface area contributed by atoms with Gasteiger partial charge in [0.15, 0.2) is 0 Å². The zero-order valence-corrected chi connectivity index (χ0v) is 14.8. The number of nitrogens with one attached hydrogen (secondary N) is 1. The van der Waals surface area contributed by atoms with Gasteiger partial charge in [-0.3, -0.25) is 4.90 Å². The van der Waals surface area contributed by atoms with E-state index in [1.54, 1.807) is 26.8 Å².